The van der Waals surface area contributed by atoms with Gasteiger partial charge in [0.2, 0.25) is 0 Å². The van der Waals surface area contributed by atoms with Gasteiger partial charge < -0.3 is 4.90 Å². The van der Waals surface area contributed by atoms with Gasteiger partial charge >= 0.3 is 0 Å². The molecule has 1 aromatic carbocycles. The minimum absolute atomic E-state index is 0.00962. The van der Waals surface area contributed by atoms with E-state index in [0.717, 1.165) is 28.4 Å². The van der Waals surface area contributed by atoms with Crippen LogP contribution in [0.15, 0.2) is 40.2 Å². The zero-order valence-corrected chi connectivity index (χ0v) is 13.7. The van der Waals surface area contributed by atoms with E-state index in [1.165, 1.54) is 11.3 Å². The fourth-order valence-electron chi connectivity index (χ4n) is 2.57. The van der Waals surface area contributed by atoms with Crippen LogP contribution >= 0.6 is 27.3 Å². The van der Waals surface area contributed by atoms with Crippen LogP contribution in [-0.4, -0.2) is 29.7 Å². The standard InChI is InChI=1S/C16H14BrNO2S/c17-13-7-9-21-15(13)14(19)10-18-8-3-5-11-4-1-2-6-12(11)16(18)20/h1-2,4,6-7,9H,3,5,8,10H2. The molecule has 1 aliphatic heterocycles. The van der Waals surface area contributed by atoms with Crippen molar-refractivity contribution < 1.29 is 9.59 Å². The Hall–Kier alpha value is -1.46. The van der Waals surface area contributed by atoms with Crippen LogP contribution in [0, 0.1) is 0 Å². The Balaban J connectivity index is 1.82. The molecule has 0 fully saturated rings. The van der Waals surface area contributed by atoms with Gasteiger partial charge in [0.15, 0.2) is 5.78 Å². The Kier molecular flexibility index (Phi) is 4.22. The van der Waals surface area contributed by atoms with Gasteiger partial charge in [-0.3, -0.25) is 9.59 Å². The number of hydrogen-bond acceptors (Lipinski definition) is 3. The summed E-state index contributed by atoms with van der Waals surface area (Å²) >= 11 is 4.78. The number of carbonyl (C=O) groups is 2. The van der Waals surface area contributed by atoms with Crippen molar-refractivity contribution in [3.8, 4) is 0 Å². The molecule has 0 saturated heterocycles. The van der Waals surface area contributed by atoms with Crippen molar-refractivity contribution in [2.45, 2.75) is 12.8 Å². The number of Topliss-reactive ketones (excluding diaryl/α,β-unsaturated/α-hetero) is 1. The van der Waals surface area contributed by atoms with E-state index >= 15 is 0 Å². The summed E-state index contributed by atoms with van der Waals surface area (Å²) in [6, 6.07) is 9.53. The molecule has 21 heavy (non-hydrogen) atoms. The minimum atomic E-state index is -0.0378. The van der Waals surface area contributed by atoms with Crippen LogP contribution in [0.5, 0.6) is 0 Å². The lowest BCUT2D eigenvalue weighted by atomic mass is 10.0. The molecule has 5 heteroatoms. The maximum Gasteiger partial charge on any atom is 0.254 e. The molecule has 2 aromatic rings. The number of fused-ring (bicyclic) bond motifs is 1. The van der Waals surface area contributed by atoms with Crippen molar-refractivity contribution in [1.29, 1.82) is 0 Å². The third-order valence-corrected chi connectivity index (χ3v) is 5.49. The highest BCUT2D eigenvalue weighted by Gasteiger charge is 2.25. The van der Waals surface area contributed by atoms with E-state index in [1.54, 1.807) is 4.90 Å². The van der Waals surface area contributed by atoms with E-state index in [1.807, 2.05) is 35.7 Å². The first-order valence-corrected chi connectivity index (χ1v) is 8.47. The maximum absolute atomic E-state index is 12.6. The average Bonchev–Trinajstić information content (AvgIpc) is 2.85. The molecule has 0 saturated carbocycles. The first-order valence-electron chi connectivity index (χ1n) is 6.80. The van der Waals surface area contributed by atoms with Crippen molar-refractivity contribution in [2.75, 3.05) is 13.1 Å². The van der Waals surface area contributed by atoms with E-state index in [4.69, 9.17) is 0 Å². The van der Waals surface area contributed by atoms with E-state index in [-0.39, 0.29) is 18.2 Å². The molecule has 0 N–H and O–H groups in total. The van der Waals surface area contributed by atoms with E-state index < -0.39 is 0 Å². The molecule has 0 atom stereocenters. The molecular weight excluding hydrogens is 350 g/mol. The molecule has 0 radical (unpaired) electrons. The maximum atomic E-state index is 12.6. The van der Waals surface area contributed by atoms with Gasteiger partial charge in [-0.25, -0.2) is 0 Å². The fraction of sp³-hybridized carbons (Fsp3) is 0.250. The second-order valence-corrected chi connectivity index (χ2v) is 6.78. The highest BCUT2D eigenvalue weighted by atomic mass is 79.9. The van der Waals surface area contributed by atoms with Gasteiger partial charge in [0.1, 0.15) is 0 Å². The molecule has 3 rings (SSSR count). The number of benzene rings is 1. The van der Waals surface area contributed by atoms with E-state index in [9.17, 15) is 9.59 Å². The Morgan fingerprint density at radius 3 is 2.86 bits per heavy atom. The molecule has 108 valence electrons. The molecule has 1 aromatic heterocycles. The van der Waals surface area contributed by atoms with Gasteiger partial charge in [-0.2, -0.15) is 0 Å². The number of rotatable bonds is 3. The van der Waals surface area contributed by atoms with Crippen LogP contribution in [0.25, 0.3) is 0 Å². The monoisotopic (exact) mass is 363 g/mol. The molecule has 2 heterocycles. The molecule has 0 aliphatic carbocycles. The van der Waals surface area contributed by atoms with E-state index in [0.29, 0.717) is 11.4 Å². The van der Waals surface area contributed by atoms with Gasteiger partial charge in [-0.05, 0) is 51.8 Å². The average molecular weight is 364 g/mol. The number of thiophene rings is 1. The normalized spacial score (nSPS) is 14.7. The van der Waals surface area contributed by atoms with Crippen LogP contribution in [0.3, 0.4) is 0 Å². The number of halogens is 1. The van der Waals surface area contributed by atoms with Crippen LogP contribution in [0.2, 0.25) is 0 Å². The summed E-state index contributed by atoms with van der Waals surface area (Å²) in [7, 11) is 0. The Morgan fingerprint density at radius 2 is 2.10 bits per heavy atom. The molecule has 0 unspecified atom stereocenters. The number of hydrogen-bond donors (Lipinski definition) is 0. The Bertz CT molecular complexity index is 695. The topological polar surface area (TPSA) is 37.4 Å². The number of nitrogens with zero attached hydrogens (tertiary/aromatic N) is 1. The summed E-state index contributed by atoms with van der Waals surface area (Å²) in [6.07, 6.45) is 1.77. The molecule has 0 bridgehead atoms. The number of carbonyl (C=O) groups excluding carboxylic acids is 2. The van der Waals surface area contributed by atoms with Crippen molar-refractivity contribution in [3.63, 3.8) is 0 Å². The first kappa shape index (κ1) is 14.5. The highest BCUT2D eigenvalue weighted by molar-refractivity contribution is 9.10. The zero-order valence-electron chi connectivity index (χ0n) is 11.3. The largest absolute Gasteiger partial charge is 0.331 e. The smallest absolute Gasteiger partial charge is 0.254 e. The molecule has 0 spiro atoms. The number of aryl methyl sites for hydroxylation is 1. The third kappa shape index (κ3) is 2.94. The summed E-state index contributed by atoms with van der Waals surface area (Å²) in [5.74, 6) is -0.0475. The lowest BCUT2D eigenvalue weighted by Crippen LogP contribution is -2.35. The first-order chi connectivity index (χ1) is 10.2. The van der Waals surface area contributed by atoms with E-state index in [2.05, 4.69) is 15.9 Å². The molecule has 3 nitrogen and oxygen atoms in total. The highest BCUT2D eigenvalue weighted by Crippen LogP contribution is 2.24. The summed E-state index contributed by atoms with van der Waals surface area (Å²) in [5.41, 5.74) is 1.81. The quantitative estimate of drug-likeness (QED) is 0.778. The predicted octanol–water partition coefficient (Wildman–Crippen LogP) is 3.78. The fourth-order valence-corrected chi connectivity index (χ4v) is 4.09. The Labute approximate surface area is 135 Å². The van der Waals surface area contributed by atoms with Gasteiger partial charge in [0, 0.05) is 16.6 Å². The SMILES string of the molecule is O=C(CN1CCCc2ccccc2C1=O)c1sccc1Br. The van der Waals surface area contributed by atoms with Crippen LogP contribution in [0.1, 0.15) is 32.0 Å². The third-order valence-electron chi connectivity index (χ3n) is 3.61. The van der Waals surface area contributed by atoms with Gasteiger partial charge in [0.05, 0.1) is 11.4 Å². The van der Waals surface area contributed by atoms with Gasteiger partial charge in [-0.1, -0.05) is 18.2 Å². The lowest BCUT2D eigenvalue weighted by molar-refractivity contribution is 0.0715. The second-order valence-electron chi connectivity index (χ2n) is 5.01. The van der Waals surface area contributed by atoms with Crippen LogP contribution < -0.4 is 0 Å². The Morgan fingerprint density at radius 1 is 1.29 bits per heavy atom. The summed E-state index contributed by atoms with van der Waals surface area (Å²) in [6.45, 7) is 0.772. The zero-order chi connectivity index (χ0) is 14.8. The van der Waals surface area contributed by atoms with Crippen molar-refractivity contribution in [3.05, 3.63) is 56.2 Å². The van der Waals surface area contributed by atoms with Crippen molar-refractivity contribution in [2.24, 2.45) is 0 Å². The van der Waals surface area contributed by atoms with Crippen LogP contribution in [0.4, 0.5) is 0 Å². The molecular formula is C16H14BrNO2S. The second kappa shape index (κ2) is 6.12. The van der Waals surface area contributed by atoms with Crippen molar-refractivity contribution in [1.82, 2.24) is 4.90 Å². The van der Waals surface area contributed by atoms with Crippen molar-refractivity contribution >= 4 is 39.0 Å². The van der Waals surface area contributed by atoms with Gasteiger partial charge in [0.25, 0.3) is 5.91 Å². The summed E-state index contributed by atoms with van der Waals surface area (Å²) in [4.78, 5) is 27.3. The molecule has 1 aliphatic rings. The lowest BCUT2D eigenvalue weighted by Gasteiger charge is -2.19. The number of ketones is 1. The minimum Gasteiger partial charge on any atom is -0.331 e. The number of amides is 1. The van der Waals surface area contributed by atoms with Gasteiger partial charge in [-0.15, -0.1) is 11.3 Å². The van der Waals surface area contributed by atoms with Crippen LogP contribution in [-0.2, 0) is 6.42 Å². The summed E-state index contributed by atoms with van der Waals surface area (Å²) < 4.78 is 0.806. The summed E-state index contributed by atoms with van der Waals surface area (Å²) in [5, 5.41) is 1.87. The predicted molar refractivity (Wildman–Crippen MR) is 87.0 cm³/mol. The molecule has 1 amide bonds.